The van der Waals surface area contributed by atoms with Crippen LogP contribution in [0.1, 0.15) is 28.9 Å². The fourth-order valence-electron chi connectivity index (χ4n) is 3.65. The molecule has 0 aliphatic heterocycles. The van der Waals surface area contributed by atoms with Gasteiger partial charge < -0.3 is 19.8 Å². The van der Waals surface area contributed by atoms with Gasteiger partial charge in [0, 0.05) is 18.1 Å². The molecule has 0 aliphatic rings. The molecule has 1 heterocycles. The first-order valence-corrected chi connectivity index (χ1v) is 10.8. The van der Waals surface area contributed by atoms with Gasteiger partial charge in [-0.1, -0.05) is 66.7 Å². The van der Waals surface area contributed by atoms with E-state index in [9.17, 15) is 4.79 Å². The van der Waals surface area contributed by atoms with Crippen LogP contribution < -0.4 is 10.5 Å². The van der Waals surface area contributed by atoms with Crippen LogP contribution >= 0.6 is 0 Å². The number of imidazole rings is 1. The van der Waals surface area contributed by atoms with E-state index in [0.29, 0.717) is 19.8 Å². The van der Waals surface area contributed by atoms with Crippen molar-refractivity contribution in [3.8, 4) is 5.75 Å². The number of hydrogen-bond acceptors (Lipinski definition) is 4. The maximum absolute atomic E-state index is 11.3. The Morgan fingerprint density at radius 2 is 1.78 bits per heavy atom. The molecule has 3 aromatic carbocycles. The summed E-state index contributed by atoms with van der Waals surface area (Å²) in [6.07, 6.45) is 4.86. The standard InChI is InChI=1S/C26H27N3O3/c27-26(30)24-17-29(19-28-24)16-22(32-18-20-8-2-1-3-9-20)12-7-15-31-25-14-6-11-21-10-4-5-13-23(21)25/h1-6,8-11,13-14,17,19,22H,7,12,15-16,18H2,(H2,27,30)/t22-/m0/s1. The van der Waals surface area contributed by atoms with E-state index in [2.05, 4.69) is 23.2 Å². The van der Waals surface area contributed by atoms with Crippen molar-refractivity contribution in [2.45, 2.75) is 32.1 Å². The third-order valence-electron chi connectivity index (χ3n) is 5.31. The number of fused-ring (bicyclic) bond motifs is 1. The van der Waals surface area contributed by atoms with Gasteiger partial charge in [0.05, 0.1) is 25.6 Å². The molecule has 0 spiro atoms. The van der Waals surface area contributed by atoms with Crippen LogP contribution in [0.25, 0.3) is 10.8 Å². The first-order chi connectivity index (χ1) is 15.7. The monoisotopic (exact) mass is 429 g/mol. The second-order valence-corrected chi connectivity index (χ2v) is 7.71. The van der Waals surface area contributed by atoms with Crippen molar-refractivity contribution >= 4 is 16.7 Å². The van der Waals surface area contributed by atoms with Gasteiger partial charge in [0.1, 0.15) is 11.4 Å². The Hall–Kier alpha value is -3.64. The van der Waals surface area contributed by atoms with E-state index in [0.717, 1.165) is 29.5 Å². The van der Waals surface area contributed by atoms with Crippen LogP contribution in [0.2, 0.25) is 0 Å². The summed E-state index contributed by atoms with van der Waals surface area (Å²) in [4.78, 5) is 15.4. The minimum atomic E-state index is -0.533. The van der Waals surface area contributed by atoms with E-state index in [4.69, 9.17) is 15.2 Å². The van der Waals surface area contributed by atoms with E-state index in [1.54, 1.807) is 12.5 Å². The van der Waals surface area contributed by atoms with Gasteiger partial charge in [-0.15, -0.1) is 0 Å². The summed E-state index contributed by atoms with van der Waals surface area (Å²) in [6.45, 7) is 1.70. The highest BCUT2D eigenvalue weighted by molar-refractivity contribution is 5.90. The number of primary amides is 1. The highest BCUT2D eigenvalue weighted by Gasteiger charge is 2.13. The molecule has 164 valence electrons. The van der Waals surface area contributed by atoms with Crippen LogP contribution in [0.3, 0.4) is 0 Å². The topological polar surface area (TPSA) is 79.4 Å². The molecule has 1 amide bonds. The van der Waals surface area contributed by atoms with Gasteiger partial charge in [-0.25, -0.2) is 4.98 Å². The number of benzene rings is 3. The molecule has 0 radical (unpaired) electrons. The van der Waals surface area contributed by atoms with E-state index < -0.39 is 5.91 Å². The largest absolute Gasteiger partial charge is 0.493 e. The molecule has 0 unspecified atom stereocenters. The summed E-state index contributed by atoms with van der Waals surface area (Å²) in [5.41, 5.74) is 6.70. The normalized spacial score (nSPS) is 12.0. The predicted octanol–water partition coefficient (Wildman–Crippen LogP) is 4.58. The van der Waals surface area contributed by atoms with Crippen molar-refractivity contribution in [2.24, 2.45) is 5.73 Å². The van der Waals surface area contributed by atoms with Crippen LogP contribution in [0, 0.1) is 0 Å². The van der Waals surface area contributed by atoms with Crippen molar-refractivity contribution in [3.05, 3.63) is 96.6 Å². The molecule has 0 saturated heterocycles. The number of ether oxygens (including phenoxy) is 2. The van der Waals surface area contributed by atoms with Gasteiger partial charge in [0.15, 0.2) is 0 Å². The van der Waals surface area contributed by atoms with Crippen LogP contribution in [-0.4, -0.2) is 28.2 Å². The molecule has 6 heteroatoms. The molecule has 0 fully saturated rings. The summed E-state index contributed by atoms with van der Waals surface area (Å²) < 4.78 is 14.1. The molecule has 0 bridgehead atoms. The second-order valence-electron chi connectivity index (χ2n) is 7.71. The number of carbonyl (C=O) groups is 1. The van der Waals surface area contributed by atoms with Gasteiger partial charge in [0.2, 0.25) is 0 Å². The maximum atomic E-state index is 11.3. The summed E-state index contributed by atoms with van der Waals surface area (Å²) in [5, 5.41) is 2.28. The number of amides is 1. The predicted molar refractivity (Wildman–Crippen MR) is 124 cm³/mol. The lowest BCUT2D eigenvalue weighted by Crippen LogP contribution is -2.21. The van der Waals surface area contributed by atoms with E-state index in [1.165, 1.54) is 5.39 Å². The first kappa shape index (κ1) is 21.6. The Morgan fingerprint density at radius 1 is 1.00 bits per heavy atom. The fraction of sp³-hybridized carbons (Fsp3) is 0.231. The van der Waals surface area contributed by atoms with E-state index in [1.807, 2.05) is 59.2 Å². The summed E-state index contributed by atoms with van der Waals surface area (Å²) >= 11 is 0. The van der Waals surface area contributed by atoms with Crippen molar-refractivity contribution in [1.82, 2.24) is 9.55 Å². The molecule has 0 saturated carbocycles. The molecular formula is C26H27N3O3. The van der Waals surface area contributed by atoms with E-state index in [-0.39, 0.29) is 11.8 Å². The van der Waals surface area contributed by atoms with Gasteiger partial charge in [-0.3, -0.25) is 4.79 Å². The first-order valence-electron chi connectivity index (χ1n) is 10.8. The Balaban J connectivity index is 1.35. The lowest BCUT2D eigenvalue weighted by molar-refractivity contribution is 0.0203. The highest BCUT2D eigenvalue weighted by Crippen LogP contribution is 2.25. The minimum absolute atomic E-state index is 0.0544. The Bertz CT molecular complexity index is 1150. The Morgan fingerprint density at radius 3 is 2.59 bits per heavy atom. The molecule has 4 aromatic rings. The van der Waals surface area contributed by atoms with Crippen molar-refractivity contribution in [2.75, 3.05) is 6.61 Å². The van der Waals surface area contributed by atoms with Crippen molar-refractivity contribution < 1.29 is 14.3 Å². The van der Waals surface area contributed by atoms with Crippen molar-refractivity contribution in [1.29, 1.82) is 0 Å². The number of rotatable bonds is 11. The summed E-state index contributed by atoms with van der Waals surface area (Å²) in [5.74, 6) is 0.361. The zero-order chi connectivity index (χ0) is 22.2. The van der Waals surface area contributed by atoms with Crippen molar-refractivity contribution in [3.63, 3.8) is 0 Å². The van der Waals surface area contributed by atoms with Gasteiger partial charge in [0.25, 0.3) is 5.91 Å². The molecule has 0 aliphatic carbocycles. The number of hydrogen-bond donors (Lipinski definition) is 1. The zero-order valence-corrected chi connectivity index (χ0v) is 17.9. The molecule has 1 aromatic heterocycles. The van der Waals surface area contributed by atoms with E-state index >= 15 is 0 Å². The van der Waals surface area contributed by atoms with Gasteiger partial charge in [-0.2, -0.15) is 0 Å². The van der Waals surface area contributed by atoms with Crippen LogP contribution in [-0.2, 0) is 17.9 Å². The highest BCUT2D eigenvalue weighted by atomic mass is 16.5. The quantitative estimate of drug-likeness (QED) is 0.354. The maximum Gasteiger partial charge on any atom is 0.268 e. The average Bonchev–Trinajstić information content (AvgIpc) is 3.30. The number of nitrogens with zero attached hydrogens (tertiary/aromatic N) is 2. The Kier molecular flexibility index (Phi) is 7.15. The fourth-order valence-corrected chi connectivity index (χ4v) is 3.65. The number of aromatic nitrogens is 2. The minimum Gasteiger partial charge on any atom is -0.493 e. The zero-order valence-electron chi connectivity index (χ0n) is 17.9. The molecular weight excluding hydrogens is 402 g/mol. The molecule has 6 nitrogen and oxygen atoms in total. The van der Waals surface area contributed by atoms with Gasteiger partial charge >= 0.3 is 0 Å². The Labute approximate surface area is 187 Å². The second kappa shape index (κ2) is 10.6. The average molecular weight is 430 g/mol. The lowest BCUT2D eigenvalue weighted by atomic mass is 10.1. The van der Waals surface area contributed by atoms with Crippen LogP contribution in [0.5, 0.6) is 5.75 Å². The number of carbonyl (C=O) groups excluding carboxylic acids is 1. The van der Waals surface area contributed by atoms with Crippen LogP contribution in [0.4, 0.5) is 0 Å². The third kappa shape index (κ3) is 5.74. The SMILES string of the molecule is NC(=O)c1cn(C[C@H](CCCOc2cccc3ccccc23)OCc2ccccc2)cn1. The molecule has 4 rings (SSSR count). The number of nitrogens with two attached hydrogens (primary N) is 1. The lowest BCUT2D eigenvalue weighted by Gasteiger charge is -2.19. The molecule has 32 heavy (non-hydrogen) atoms. The third-order valence-corrected chi connectivity index (χ3v) is 5.31. The van der Waals surface area contributed by atoms with Gasteiger partial charge in [-0.05, 0) is 29.9 Å². The summed E-state index contributed by atoms with van der Waals surface area (Å²) in [7, 11) is 0. The molecule has 1 atom stereocenters. The smallest absolute Gasteiger partial charge is 0.268 e. The summed E-state index contributed by atoms with van der Waals surface area (Å²) in [6, 6.07) is 24.4. The molecule has 2 N–H and O–H groups in total. The van der Waals surface area contributed by atoms with Crippen LogP contribution in [0.15, 0.2) is 85.3 Å².